The van der Waals surface area contributed by atoms with Gasteiger partial charge in [0.2, 0.25) is 11.8 Å². The number of hydrogen-bond acceptors (Lipinski definition) is 6. The number of sulfonamides is 1. The molecule has 0 unspecified atom stereocenters. The van der Waals surface area contributed by atoms with E-state index in [9.17, 15) is 28.1 Å². The standard InChI is InChI=1S/C29H32Cl2N4O6S/c1-4-27(29(37)32-17-20(2)3)33(18-24-25(30)11-8-12-26(24)31)28(36)19-34(21-13-15-22(16-14-21)35(38)39)42(40,41)23-9-6-5-7-10-23/h5-16,20,27H,4,17-19H2,1-3H3,(H,32,37)/t27-/m0/s1. The van der Waals surface area contributed by atoms with Crippen LogP contribution in [-0.4, -0.2) is 49.2 Å². The number of nitro groups is 1. The number of carbonyl (C=O) groups excluding carboxylic acids is 2. The van der Waals surface area contributed by atoms with Gasteiger partial charge in [0.25, 0.3) is 15.7 Å². The van der Waals surface area contributed by atoms with Crippen molar-refractivity contribution in [1.29, 1.82) is 0 Å². The summed E-state index contributed by atoms with van der Waals surface area (Å²) in [6.07, 6.45) is 0.223. The smallest absolute Gasteiger partial charge is 0.269 e. The zero-order valence-electron chi connectivity index (χ0n) is 23.4. The predicted molar refractivity (Wildman–Crippen MR) is 163 cm³/mol. The van der Waals surface area contributed by atoms with Crippen LogP contribution >= 0.6 is 23.2 Å². The van der Waals surface area contributed by atoms with Crippen molar-refractivity contribution in [2.45, 2.75) is 44.7 Å². The molecule has 1 N–H and O–H groups in total. The van der Waals surface area contributed by atoms with Crippen LogP contribution in [0.3, 0.4) is 0 Å². The van der Waals surface area contributed by atoms with Crippen LogP contribution in [0, 0.1) is 16.0 Å². The molecule has 10 nitrogen and oxygen atoms in total. The summed E-state index contributed by atoms with van der Waals surface area (Å²) in [4.78, 5) is 39.2. The number of nitrogens with one attached hydrogen (secondary N) is 1. The van der Waals surface area contributed by atoms with E-state index in [0.717, 1.165) is 16.4 Å². The van der Waals surface area contributed by atoms with E-state index in [-0.39, 0.29) is 45.2 Å². The second-order valence-electron chi connectivity index (χ2n) is 9.88. The van der Waals surface area contributed by atoms with Crippen molar-refractivity contribution in [2.75, 3.05) is 17.4 Å². The fourth-order valence-corrected chi connectivity index (χ4v) is 6.14. The van der Waals surface area contributed by atoms with E-state index in [2.05, 4.69) is 5.32 Å². The Hall–Kier alpha value is -3.67. The normalized spacial score (nSPS) is 12.0. The fourth-order valence-electron chi connectivity index (χ4n) is 4.18. The first kappa shape index (κ1) is 32.8. The lowest BCUT2D eigenvalue weighted by atomic mass is 10.1. The third-order valence-electron chi connectivity index (χ3n) is 6.42. The summed E-state index contributed by atoms with van der Waals surface area (Å²) in [5, 5.41) is 14.6. The lowest BCUT2D eigenvalue weighted by Crippen LogP contribution is -2.52. The summed E-state index contributed by atoms with van der Waals surface area (Å²) >= 11 is 12.8. The maximum absolute atomic E-state index is 14.1. The fraction of sp³-hybridized carbons (Fsp3) is 0.310. The Kier molecular flexibility index (Phi) is 11.3. The van der Waals surface area contributed by atoms with Gasteiger partial charge in [0.05, 0.1) is 15.5 Å². The highest BCUT2D eigenvalue weighted by molar-refractivity contribution is 7.92. The Labute approximate surface area is 255 Å². The van der Waals surface area contributed by atoms with Crippen molar-refractivity contribution >= 4 is 56.4 Å². The molecular weight excluding hydrogens is 603 g/mol. The van der Waals surface area contributed by atoms with Gasteiger partial charge in [-0.25, -0.2) is 8.42 Å². The molecule has 42 heavy (non-hydrogen) atoms. The van der Waals surface area contributed by atoms with Crippen LogP contribution in [0.25, 0.3) is 0 Å². The number of benzene rings is 3. The van der Waals surface area contributed by atoms with Crippen molar-refractivity contribution in [1.82, 2.24) is 10.2 Å². The van der Waals surface area contributed by atoms with E-state index in [4.69, 9.17) is 23.2 Å². The molecule has 0 bridgehead atoms. The van der Waals surface area contributed by atoms with Crippen LogP contribution in [0.2, 0.25) is 10.0 Å². The van der Waals surface area contributed by atoms with E-state index in [1.54, 1.807) is 43.3 Å². The topological polar surface area (TPSA) is 130 Å². The molecule has 1 atom stereocenters. The molecule has 0 saturated heterocycles. The highest BCUT2D eigenvalue weighted by Gasteiger charge is 2.34. The molecule has 0 aliphatic rings. The predicted octanol–water partition coefficient (Wildman–Crippen LogP) is 5.68. The number of non-ortho nitro benzene ring substituents is 1. The monoisotopic (exact) mass is 634 g/mol. The second kappa shape index (κ2) is 14.5. The average Bonchev–Trinajstić information content (AvgIpc) is 2.96. The van der Waals surface area contributed by atoms with Crippen LogP contribution in [0.5, 0.6) is 0 Å². The molecule has 0 aliphatic heterocycles. The molecule has 0 radical (unpaired) electrons. The minimum atomic E-state index is -4.32. The number of anilines is 1. The van der Waals surface area contributed by atoms with Crippen LogP contribution in [0.4, 0.5) is 11.4 Å². The number of carbonyl (C=O) groups is 2. The lowest BCUT2D eigenvalue weighted by Gasteiger charge is -2.33. The minimum absolute atomic E-state index is 0.0332. The van der Waals surface area contributed by atoms with E-state index in [1.165, 1.54) is 29.2 Å². The minimum Gasteiger partial charge on any atom is -0.354 e. The first-order valence-electron chi connectivity index (χ1n) is 13.2. The number of hydrogen-bond donors (Lipinski definition) is 1. The van der Waals surface area contributed by atoms with E-state index in [0.29, 0.717) is 12.1 Å². The third-order valence-corrected chi connectivity index (χ3v) is 8.92. The highest BCUT2D eigenvalue weighted by Crippen LogP contribution is 2.29. The van der Waals surface area contributed by atoms with Gasteiger partial charge in [-0.2, -0.15) is 0 Å². The van der Waals surface area contributed by atoms with Gasteiger partial charge in [0, 0.05) is 40.8 Å². The molecule has 0 aromatic heterocycles. The molecule has 224 valence electrons. The van der Waals surface area contributed by atoms with Gasteiger partial charge in [-0.1, -0.05) is 68.2 Å². The maximum atomic E-state index is 14.1. The number of rotatable bonds is 13. The lowest BCUT2D eigenvalue weighted by molar-refractivity contribution is -0.384. The number of nitro benzene ring substituents is 1. The van der Waals surface area contributed by atoms with Gasteiger partial charge in [-0.15, -0.1) is 0 Å². The molecular formula is C29H32Cl2N4O6S. The largest absolute Gasteiger partial charge is 0.354 e. The van der Waals surface area contributed by atoms with Crippen molar-refractivity contribution in [3.05, 3.63) is 98.5 Å². The second-order valence-corrected chi connectivity index (χ2v) is 12.6. The van der Waals surface area contributed by atoms with Crippen LogP contribution in [0.1, 0.15) is 32.8 Å². The summed E-state index contributed by atoms with van der Waals surface area (Å²) in [6.45, 7) is 5.12. The molecule has 2 amide bonds. The molecule has 3 aromatic rings. The number of nitrogens with zero attached hydrogens (tertiary/aromatic N) is 3. The molecule has 0 aliphatic carbocycles. The van der Waals surface area contributed by atoms with Gasteiger partial charge in [-0.05, 0) is 48.7 Å². The molecule has 13 heteroatoms. The summed E-state index contributed by atoms with van der Waals surface area (Å²) in [5.41, 5.74) is 0.188. The molecule has 0 spiro atoms. The van der Waals surface area contributed by atoms with Crippen LogP contribution < -0.4 is 9.62 Å². The summed E-state index contributed by atoms with van der Waals surface area (Å²) in [6, 6.07) is 16.2. The Morgan fingerprint density at radius 3 is 2.07 bits per heavy atom. The molecule has 0 saturated carbocycles. The highest BCUT2D eigenvalue weighted by atomic mass is 35.5. The number of amides is 2. The van der Waals surface area contributed by atoms with Crippen LogP contribution in [0.15, 0.2) is 77.7 Å². The van der Waals surface area contributed by atoms with Gasteiger partial charge < -0.3 is 10.2 Å². The Balaban J connectivity index is 2.09. The SMILES string of the molecule is CC[C@@H](C(=O)NCC(C)C)N(Cc1c(Cl)cccc1Cl)C(=O)CN(c1ccc([N+](=O)[O-])cc1)S(=O)(=O)c1ccccc1. The summed E-state index contributed by atoms with van der Waals surface area (Å²) in [5.74, 6) is -0.951. The van der Waals surface area contributed by atoms with Gasteiger partial charge in [-0.3, -0.25) is 24.0 Å². The zero-order valence-corrected chi connectivity index (χ0v) is 25.7. The van der Waals surface area contributed by atoms with Crippen molar-refractivity contribution in [2.24, 2.45) is 5.92 Å². The average molecular weight is 636 g/mol. The van der Waals surface area contributed by atoms with E-state index >= 15 is 0 Å². The molecule has 3 rings (SSSR count). The molecule has 3 aromatic carbocycles. The first-order valence-corrected chi connectivity index (χ1v) is 15.4. The number of halogens is 2. The van der Waals surface area contributed by atoms with Gasteiger partial charge in [0.15, 0.2) is 0 Å². The van der Waals surface area contributed by atoms with Crippen LogP contribution in [-0.2, 0) is 26.2 Å². The quantitative estimate of drug-likeness (QED) is 0.190. The van der Waals surface area contributed by atoms with Crippen molar-refractivity contribution < 1.29 is 22.9 Å². The van der Waals surface area contributed by atoms with Crippen molar-refractivity contribution in [3.8, 4) is 0 Å². The van der Waals surface area contributed by atoms with Gasteiger partial charge >= 0.3 is 0 Å². The van der Waals surface area contributed by atoms with Gasteiger partial charge in [0.1, 0.15) is 12.6 Å². The van der Waals surface area contributed by atoms with E-state index < -0.39 is 39.3 Å². The van der Waals surface area contributed by atoms with Crippen molar-refractivity contribution in [3.63, 3.8) is 0 Å². The summed E-state index contributed by atoms with van der Waals surface area (Å²) in [7, 11) is -4.32. The molecule has 0 fully saturated rings. The Morgan fingerprint density at radius 2 is 1.55 bits per heavy atom. The first-order chi connectivity index (χ1) is 19.9. The summed E-state index contributed by atoms with van der Waals surface area (Å²) < 4.78 is 28.5. The maximum Gasteiger partial charge on any atom is 0.269 e. The van der Waals surface area contributed by atoms with E-state index in [1.807, 2.05) is 13.8 Å². The third kappa shape index (κ3) is 7.99. The Bertz CT molecular complexity index is 1500. The molecule has 0 heterocycles. The Morgan fingerprint density at radius 1 is 0.952 bits per heavy atom. The zero-order chi connectivity index (χ0) is 31.0.